The number of pyridine rings is 1. The second-order valence-electron chi connectivity index (χ2n) is 5.15. The van der Waals surface area contributed by atoms with Crippen molar-refractivity contribution in [1.29, 1.82) is 0 Å². The first-order valence-electron chi connectivity index (χ1n) is 6.68. The molecular formula is C14H19N3O3. The first-order chi connectivity index (χ1) is 9.50. The zero-order valence-electron chi connectivity index (χ0n) is 11.7. The topological polar surface area (TPSA) is 73.7 Å². The molecule has 1 fully saturated rings. The number of anilines is 1. The van der Waals surface area contributed by atoms with Gasteiger partial charge in [-0.05, 0) is 31.4 Å². The van der Waals surface area contributed by atoms with Gasteiger partial charge in [0.05, 0.1) is 0 Å². The predicted molar refractivity (Wildman–Crippen MR) is 74.9 cm³/mol. The van der Waals surface area contributed by atoms with Crippen LogP contribution in [0.25, 0.3) is 0 Å². The van der Waals surface area contributed by atoms with E-state index in [1.807, 2.05) is 19.0 Å². The summed E-state index contributed by atoms with van der Waals surface area (Å²) in [6.07, 6.45) is 3.79. The van der Waals surface area contributed by atoms with Crippen LogP contribution in [0.2, 0.25) is 0 Å². The Balaban J connectivity index is 2.25. The van der Waals surface area contributed by atoms with Gasteiger partial charge in [-0.1, -0.05) is 0 Å². The molecule has 0 aliphatic carbocycles. The number of aromatic nitrogens is 1. The summed E-state index contributed by atoms with van der Waals surface area (Å²) in [5.74, 6) is -0.484. The van der Waals surface area contributed by atoms with Gasteiger partial charge in [0.1, 0.15) is 11.9 Å². The summed E-state index contributed by atoms with van der Waals surface area (Å²) in [7, 11) is 3.69. The lowest BCUT2D eigenvalue weighted by atomic mass is 10.0. The van der Waals surface area contributed by atoms with Crippen LogP contribution in [0, 0.1) is 0 Å². The van der Waals surface area contributed by atoms with Crippen LogP contribution >= 0.6 is 0 Å². The number of carboxylic acid groups (broad SMARTS) is 1. The van der Waals surface area contributed by atoms with Crippen LogP contribution < -0.4 is 4.90 Å². The van der Waals surface area contributed by atoms with Crippen molar-refractivity contribution >= 4 is 17.7 Å². The number of carbonyl (C=O) groups is 2. The Bertz CT molecular complexity index is 516. The predicted octanol–water partition coefficient (Wildman–Crippen LogP) is 1.23. The minimum absolute atomic E-state index is 0.234. The number of piperidine rings is 1. The van der Waals surface area contributed by atoms with Crippen molar-refractivity contribution in [2.24, 2.45) is 0 Å². The van der Waals surface area contributed by atoms with Gasteiger partial charge in [-0.3, -0.25) is 4.79 Å². The summed E-state index contributed by atoms with van der Waals surface area (Å²) < 4.78 is 0. The standard InChI is InChI=1S/C14H19N3O3/c1-16(2)12-9-10(6-7-15-12)13(18)17-8-4-3-5-11(17)14(19)20/h6-7,9,11H,3-5,8H2,1-2H3,(H,19,20). The van der Waals surface area contributed by atoms with Gasteiger partial charge in [0, 0.05) is 32.4 Å². The molecule has 1 saturated heterocycles. The molecule has 1 amide bonds. The van der Waals surface area contributed by atoms with E-state index in [0.717, 1.165) is 12.8 Å². The van der Waals surface area contributed by atoms with E-state index in [1.54, 1.807) is 18.3 Å². The highest BCUT2D eigenvalue weighted by molar-refractivity contribution is 5.97. The lowest BCUT2D eigenvalue weighted by molar-refractivity contribution is -0.143. The molecule has 6 heteroatoms. The zero-order chi connectivity index (χ0) is 14.7. The maximum Gasteiger partial charge on any atom is 0.326 e. The number of hydrogen-bond donors (Lipinski definition) is 1. The summed E-state index contributed by atoms with van der Waals surface area (Å²) >= 11 is 0. The van der Waals surface area contributed by atoms with Gasteiger partial charge in [-0.25, -0.2) is 9.78 Å². The maximum absolute atomic E-state index is 12.5. The third-order valence-electron chi connectivity index (χ3n) is 3.50. The van der Waals surface area contributed by atoms with E-state index >= 15 is 0 Å². The Hall–Kier alpha value is -2.11. The quantitative estimate of drug-likeness (QED) is 0.899. The molecule has 0 spiro atoms. The Morgan fingerprint density at radius 2 is 2.15 bits per heavy atom. The van der Waals surface area contributed by atoms with Crippen LogP contribution in [0.1, 0.15) is 29.6 Å². The molecule has 108 valence electrons. The molecule has 1 aliphatic heterocycles. The van der Waals surface area contributed by atoms with Crippen LogP contribution in [0.5, 0.6) is 0 Å². The molecule has 1 aliphatic rings. The average Bonchev–Trinajstić information content (AvgIpc) is 2.46. The Morgan fingerprint density at radius 3 is 2.80 bits per heavy atom. The van der Waals surface area contributed by atoms with Crippen LogP contribution in [0.4, 0.5) is 5.82 Å². The number of aliphatic carboxylic acids is 1. The third kappa shape index (κ3) is 2.89. The lowest BCUT2D eigenvalue weighted by Gasteiger charge is -2.33. The molecule has 0 aromatic carbocycles. The minimum Gasteiger partial charge on any atom is -0.480 e. The summed E-state index contributed by atoms with van der Waals surface area (Å²) in [5, 5.41) is 9.23. The van der Waals surface area contributed by atoms with Gasteiger partial charge in [0.25, 0.3) is 5.91 Å². The SMILES string of the molecule is CN(C)c1cc(C(=O)N2CCCCC2C(=O)O)ccn1. The molecule has 0 radical (unpaired) electrons. The molecule has 2 heterocycles. The Morgan fingerprint density at radius 1 is 1.40 bits per heavy atom. The number of carboxylic acids is 1. The highest BCUT2D eigenvalue weighted by atomic mass is 16.4. The van der Waals surface area contributed by atoms with E-state index in [-0.39, 0.29) is 5.91 Å². The molecule has 1 aromatic heterocycles. The molecule has 0 bridgehead atoms. The number of carbonyl (C=O) groups excluding carboxylic acids is 1. The Labute approximate surface area is 118 Å². The fraction of sp³-hybridized carbons (Fsp3) is 0.500. The van der Waals surface area contributed by atoms with Crippen molar-refractivity contribution in [3.63, 3.8) is 0 Å². The molecule has 1 N–H and O–H groups in total. The van der Waals surface area contributed by atoms with Gasteiger partial charge in [-0.2, -0.15) is 0 Å². The van der Waals surface area contributed by atoms with Gasteiger partial charge in [0.15, 0.2) is 0 Å². The number of rotatable bonds is 3. The second kappa shape index (κ2) is 5.90. The number of likely N-dealkylation sites (tertiary alicyclic amines) is 1. The molecule has 20 heavy (non-hydrogen) atoms. The van der Waals surface area contributed by atoms with Gasteiger partial charge < -0.3 is 14.9 Å². The summed E-state index contributed by atoms with van der Waals surface area (Å²) in [6, 6.07) is 2.60. The normalized spacial score (nSPS) is 18.7. The van der Waals surface area contributed by atoms with Crippen LogP contribution in [-0.4, -0.2) is 53.5 Å². The van der Waals surface area contributed by atoms with E-state index in [2.05, 4.69) is 4.98 Å². The maximum atomic E-state index is 12.5. The van der Waals surface area contributed by atoms with Crippen molar-refractivity contribution in [3.8, 4) is 0 Å². The second-order valence-corrected chi connectivity index (χ2v) is 5.15. The van der Waals surface area contributed by atoms with Crippen LogP contribution in [0.3, 0.4) is 0 Å². The van der Waals surface area contributed by atoms with Gasteiger partial charge >= 0.3 is 5.97 Å². The van der Waals surface area contributed by atoms with Crippen molar-refractivity contribution in [1.82, 2.24) is 9.88 Å². The minimum atomic E-state index is -0.931. The van der Waals surface area contributed by atoms with E-state index in [9.17, 15) is 14.7 Å². The fourth-order valence-electron chi connectivity index (χ4n) is 2.39. The van der Waals surface area contributed by atoms with E-state index in [4.69, 9.17) is 0 Å². The third-order valence-corrected chi connectivity index (χ3v) is 3.50. The van der Waals surface area contributed by atoms with E-state index < -0.39 is 12.0 Å². The highest BCUT2D eigenvalue weighted by Crippen LogP contribution is 2.21. The van der Waals surface area contributed by atoms with Gasteiger partial charge in [-0.15, -0.1) is 0 Å². The van der Waals surface area contributed by atoms with Crippen molar-refractivity contribution in [3.05, 3.63) is 23.9 Å². The Kier molecular flexibility index (Phi) is 4.22. The lowest BCUT2D eigenvalue weighted by Crippen LogP contribution is -2.48. The molecule has 6 nitrogen and oxygen atoms in total. The largest absolute Gasteiger partial charge is 0.480 e. The smallest absolute Gasteiger partial charge is 0.326 e. The number of amides is 1. The summed E-state index contributed by atoms with van der Waals surface area (Å²) in [5.41, 5.74) is 0.483. The average molecular weight is 277 g/mol. The fourth-order valence-corrected chi connectivity index (χ4v) is 2.39. The number of nitrogens with zero attached hydrogens (tertiary/aromatic N) is 3. The zero-order valence-corrected chi connectivity index (χ0v) is 11.7. The van der Waals surface area contributed by atoms with Gasteiger partial charge in [0.2, 0.25) is 0 Å². The first kappa shape index (κ1) is 14.3. The first-order valence-corrected chi connectivity index (χ1v) is 6.68. The van der Waals surface area contributed by atoms with Crippen molar-refractivity contribution in [2.45, 2.75) is 25.3 Å². The van der Waals surface area contributed by atoms with Crippen molar-refractivity contribution in [2.75, 3.05) is 25.5 Å². The molecule has 1 atom stereocenters. The molecule has 2 rings (SSSR count). The van der Waals surface area contributed by atoms with Crippen LogP contribution in [0.15, 0.2) is 18.3 Å². The number of hydrogen-bond acceptors (Lipinski definition) is 4. The van der Waals surface area contributed by atoms with E-state index in [0.29, 0.717) is 24.3 Å². The molecule has 0 saturated carbocycles. The van der Waals surface area contributed by atoms with E-state index in [1.165, 1.54) is 4.90 Å². The van der Waals surface area contributed by atoms with Crippen molar-refractivity contribution < 1.29 is 14.7 Å². The highest BCUT2D eigenvalue weighted by Gasteiger charge is 2.32. The monoisotopic (exact) mass is 277 g/mol. The molecule has 1 aromatic rings. The molecular weight excluding hydrogens is 258 g/mol. The summed E-state index contributed by atoms with van der Waals surface area (Å²) in [4.78, 5) is 31.2. The van der Waals surface area contributed by atoms with Crippen LogP contribution in [-0.2, 0) is 4.79 Å². The summed E-state index contributed by atoms with van der Waals surface area (Å²) in [6.45, 7) is 0.495. The molecule has 1 unspecified atom stereocenters.